The van der Waals surface area contributed by atoms with Crippen LogP contribution in [0.1, 0.15) is 46.4 Å². The number of carboxylic acids is 1. The lowest BCUT2D eigenvalue weighted by Crippen LogP contribution is -2.28. The summed E-state index contributed by atoms with van der Waals surface area (Å²) in [6.07, 6.45) is 4.82. The normalized spacial score (nSPS) is 14.5. The van der Waals surface area contributed by atoms with E-state index in [1.54, 1.807) is 42.5 Å². The maximum absolute atomic E-state index is 12.6. The SMILES string of the molecule is O=C(O)c1ccccc1-c1ccccc1C(=O)NCC1CCCC1. The van der Waals surface area contributed by atoms with Gasteiger partial charge in [-0.2, -0.15) is 0 Å². The largest absolute Gasteiger partial charge is 0.478 e. The number of hydrogen-bond acceptors (Lipinski definition) is 2. The Morgan fingerprint density at radius 3 is 2.08 bits per heavy atom. The van der Waals surface area contributed by atoms with Crippen molar-refractivity contribution >= 4 is 11.9 Å². The van der Waals surface area contributed by atoms with Crippen molar-refractivity contribution in [1.82, 2.24) is 5.32 Å². The average Bonchev–Trinajstić information content (AvgIpc) is 3.13. The van der Waals surface area contributed by atoms with Gasteiger partial charge in [0.25, 0.3) is 5.91 Å². The number of aromatic carboxylic acids is 1. The highest BCUT2D eigenvalue weighted by Gasteiger charge is 2.19. The van der Waals surface area contributed by atoms with Crippen molar-refractivity contribution in [2.75, 3.05) is 6.54 Å². The van der Waals surface area contributed by atoms with Crippen LogP contribution in [0.15, 0.2) is 48.5 Å². The molecule has 0 aliphatic heterocycles. The first kappa shape index (κ1) is 16.2. The number of hydrogen-bond donors (Lipinski definition) is 2. The Hall–Kier alpha value is -2.62. The van der Waals surface area contributed by atoms with Gasteiger partial charge in [-0.3, -0.25) is 4.79 Å². The molecule has 0 heterocycles. The molecule has 124 valence electrons. The molecule has 0 radical (unpaired) electrons. The van der Waals surface area contributed by atoms with E-state index in [0.29, 0.717) is 29.2 Å². The topological polar surface area (TPSA) is 66.4 Å². The zero-order valence-electron chi connectivity index (χ0n) is 13.5. The minimum atomic E-state index is -0.994. The number of rotatable bonds is 5. The van der Waals surface area contributed by atoms with Gasteiger partial charge in [-0.25, -0.2) is 4.79 Å². The minimum absolute atomic E-state index is 0.141. The molecular formula is C20H21NO3. The van der Waals surface area contributed by atoms with E-state index in [2.05, 4.69) is 5.32 Å². The van der Waals surface area contributed by atoms with E-state index in [-0.39, 0.29) is 11.5 Å². The highest BCUT2D eigenvalue weighted by molar-refractivity contribution is 6.04. The van der Waals surface area contributed by atoms with Crippen LogP contribution in [0.25, 0.3) is 11.1 Å². The maximum atomic E-state index is 12.6. The Morgan fingerprint density at radius 1 is 0.917 bits per heavy atom. The van der Waals surface area contributed by atoms with Gasteiger partial charge in [0.15, 0.2) is 0 Å². The molecule has 1 amide bonds. The van der Waals surface area contributed by atoms with E-state index in [1.807, 2.05) is 6.07 Å². The fourth-order valence-electron chi connectivity index (χ4n) is 3.37. The van der Waals surface area contributed by atoms with Crippen LogP contribution in [0.4, 0.5) is 0 Å². The van der Waals surface area contributed by atoms with Crippen LogP contribution in [0.2, 0.25) is 0 Å². The summed E-state index contributed by atoms with van der Waals surface area (Å²) in [7, 11) is 0. The van der Waals surface area contributed by atoms with Gasteiger partial charge < -0.3 is 10.4 Å². The molecule has 1 saturated carbocycles. The number of benzene rings is 2. The van der Waals surface area contributed by atoms with E-state index in [0.717, 1.165) is 0 Å². The van der Waals surface area contributed by atoms with E-state index < -0.39 is 5.97 Å². The smallest absolute Gasteiger partial charge is 0.336 e. The molecule has 2 aromatic rings. The molecule has 0 bridgehead atoms. The molecule has 0 saturated heterocycles. The zero-order valence-corrected chi connectivity index (χ0v) is 13.5. The molecule has 4 nitrogen and oxygen atoms in total. The Morgan fingerprint density at radius 2 is 1.46 bits per heavy atom. The molecule has 0 spiro atoms. The predicted octanol–water partition coefficient (Wildman–Crippen LogP) is 3.97. The Balaban J connectivity index is 1.88. The maximum Gasteiger partial charge on any atom is 0.336 e. The summed E-state index contributed by atoms with van der Waals surface area (Å²) in [4.78, 5) is 24.1. The fourth-order valence-corrected chi connectivity index (χ4v) is 3.37. The van der Waals surface area contributed by atoms with Crippen LogP contribution in [0.3, 0.4) is 0 Å². The number of nitrogens with one attached hydrogen (secondary N) is 1. The summed E-state index contributed by atoms with van der Waals surface area (Å²) in [6.45, 7) is 0.688. The van der Waals surface area contributed by atoms with Crippen LogP contribution >= 0.6 is 0 Å². The lowest BCUT2D eigenvalue weighted by atomic mass is 9.95. The predicted molar refractivity (Wildman–Crippen MR) is 93.1 cm³/mol. The molecule has 0 aromatic heterocycles. The van der Waals surface area contributed by atoms with Crippen molar-refractivity contribution in [3.63, 3.8) is 0 Å². The van der Waals surface area contributed by atoms with Gasteiger partial charge in [0.2, 0.25) is 0 Å². The molecule has 1 aliphatic carbocycles. The molecule has 2 N–H and O–H groups in total. The van der Waals surface area contributed by atoms with Gasteiger partial charge in [-0.1, -0.05) is 49.2 Å². The second-order valence-corrected chi connectivity index (χ2v) is 6.26. The Labute approximate surface area is 141 Å². The lowest BCUT2D eigenvalue weighted by Gasteiger charge is -2.14. The molecule has 1 fully saturated rings. The lowest BCUT2D eigenvalue weighted by molar-refractivity contribution is 0.0697. The molecule has 0 unspecified atom stereocenters. The van der Waals surface area contributed by atoms with Gasteiger partial charge >= 0.3 is 5.97 Å². The van der Waals surface area contributed by atoms with E-state index in [4.69, 9.17) is 0 Å². The van der Waals surface area contributed by atoms with Crippen LogP contribution in [0.5, 0.6) is 0 Å². The van der Waals surface area contributed by atoms with Gasteiger partial charge in [0.05, 0.1) is 5.56 Å². The van der Waals surface area contributed by atoms with Crippen LogP contribution in [0, 0.1) is 5.92 Å². The van der Waals surface area contributed by atoms with Gasteiger partial charge in [-0.05, 0) is 42.0 Å². The first-order valence-corrected chi connectivity index (χ1v) is 8.36. The molecule has 24 heavy (non-hydrogen) atoms. The first-order chi connectivity index (χ1) is 11.7. The summed E-state index contributed by atoms with van der Waals surface area (Å²) < 4.78 is 0. The number of carbonyl (C=O) groups excluding carboxylic acids is 1. The number of carbonyl (C=O) groups is 2. The summed E-state index contributed by atoms with van der Waals surface area (Å²) >= 11 is 0. The minimum Gasteiger partial charge on any atom is -0.478 e. The standard InChI is InChI=1S/C20H21NO3/c22-19(21-13-14-7-1-2-8-14)17-11-5-3-9-15(17)16-10-4-6-12-18(16)20(23)24/h3-6,9-12,14H,1-2,7-8,13H2,(H,21,22)(H,23,24). The molecular weight excluding hydrogens is 302 g/mol. The van der Waals surface area contributed by atoms with Crippen molar-refractivity contribution in [1.29, 1.82) is 0 Å². The van der Waals surface area contributed by atoms with Gasteiger partial charge in [0, 0.05) is 12.1 Å². The highest BCUT2D eigenvalue weighted by Crippen LogP contribution is 2.28. The second-order valence-electron chi connectivity index (χ2n) is 6.26. The number of amides is 1. The molecule has 4 heteroatoms. The first-order valence-electron chi connectivity index (χ1n) is 8.36. The second kappa shape index (κ2) is 7.30. The molecule has 3 rings (SSSR count). The van der Waals surface area contributed by atoms with Crippen molar-refractivity contribution in [2.45, 2.75) is 25.7 Å². The van der Waals surface area contributed by atoms with Gasteiger partial charge in [0.1, 0.15) is 0 Å². The quantitative estimate of drug-likeness (QED) is 0.875. The third-order valence-corrected chi connectivity index (χ3v) is 4.65. The van der Waals surface area contributed by atoms with Gasteiger partial charge in [-0.15, -0.1) is 0 Å². The summed E-state index contributed by atoms with van der Waals surface area (Å²) in [6, 6.07) is 13.9. The van der Waals surface area contributed by atoms with Crippen molar-refractivity contribution < 1.29 is 14.7 Å². The van der Waals surface area contributed by atoms with E-state index in [9.17, 15) is 14.7 Å². The zero-order chi connectivity index (χ0) is 16.9. The molecule has 0 atom stereocenters. The van der Waals surface area contributed by atoms with E-state index in [1.165, 1.54) is 25.7 Å². The molecule has 2 aromatic carbocycles. The molecule has 1 aliphatic rings. The summed E-state index contributed by atoms with van der Waals surface area (Å²) in [5, 5.41) is 12.4. The van der Waals surface area contributed by atoms with Crippen LogP contribution < -0.4 is 5.32 Å². The fraction of sp³-hybridized carbons (Fsp3) is 0.300. The third-order valence-electron chi connectivity index (χ3n) is 4.65. The average molecular weight is 323 g/mol. The Kier molecular flexibility index (Phi) is 4.94. The highest BCUT2D eigenvalue weighted by atomic mass is 16.4. The van der Waals surface area contributed by atoms with Crippen molar-refractivity contribution in [3.8, 4) is 11.1 Å². The van der Waals surface area contributed by atoms with E-state index >= 15 is 0 Å². The van der Waals surface area contributed by atoms with Crippen molar-refractivity contribution in [2.24, 2.45) is 5.92 Å². The third kappa shape index (κ3) is 3.48. The van der Waals surface area contributed by atoms with Crippen molar-refractivity contribution in [3.05, 3.63) is 59.7 Å². The summed E-state index contributed by atoms with van der Waals surface area (Å²) in [5.74, 6) is -0.572. The van der Waals surface area contributed by atoms with Crippen LogP contribution in [-0.2, 0) is 0 Å². The summed E-state index contributed by atoms with van der Waals surface area (Å²) in [5.41, 5.74) is 1.94. The van der Waals surface area contributed by atoms with Crippen LogP contribution in [-0.4, -0.2) is 23.5 Å². The number of carboxylic acid groups (broad SMARTS) is 1. The monoisotopic (exact) mass is 323 g/mol. The Bertz CT molecular complexity index is 748.